The second-order valence-electron chi connectivity index (χ2n) is 6.97. The van der Waals surface area contributed by atoms with Crippen LogP contribution in [-0.2, 0) is 16.4 Å². The molecule has 0 bridgehead atoms. The summed E-state index contributed by atoms with van der Waals surface area (Å²) in [6.45, 7) is 0.418. The van der Waals surface area contributed by atoms with Crippen LogP contribution < -0.4 is 15.4 Å². The number of benzene rings is 2. The van der Waals surface area contributed by atoms with Gasteiger partial charge in [0.05, 0.1) is 24.7 Å². The zero-order valence-electron chi connectivity index (χ0n) is 15.8. The van der Waals surface area contributed by atoms with Crippen LogP contribution in [0.25, 0.3) is 0 Å². The number of amidine groups is 1. The molecule has 9 heteroatoms. The van der Waals surface area contributed by atoms with Crippen LogP contribution in [0, 0.1) is 0 Å². The molecular weight excluding hydrogens is 410 g/mol. The molecular formula is C20H21N3O4S2. The maximum atomic E-state index is 12.5. The van der Waals surface area contributed by atoms with Crippen LogP contribution in [-0.4, -0.2) is 49.4 Å². The summed E-state index contributed by atoms with van der Waals surface area (Å²) >= 11 is 1.45. The van der Waals surface area contributed by atoms with Gasteiger partial charge >= 0.3 is 0 Å². The molecule has 0 saturated carbocycles. The fourth-order valence-electron chi connectivity index (χ4n) is 3.31. The fraction of sp³-hybridized carbons (Fsp3) is 0.300. The Morgan fingerprint density at radius 1 is 1.21 bits per heavy atom. The zero-order chi connectivity index (χ0) is 20.4. The Labute approximate surface area is 173 Å². The maximum absolute atomic E-state index is 12.5. The third-order valence-corrected chi connectivity index (χ3v) is 7.95. The number of nitrogens with zero attached hydrogens (tertiary/aromatic N) is 1. The molecule has 2 aliphatic heterocycles. The lowest BCUT2D eigenvalue weighted by Crippen LogP contribution is -2.23. The van der Waals surface area contributed by atoms with Crippen molar-refractivity contribution in [2.45, 2.75) is 17.8 Å². The largest absolute Gasteiger partial charge is 0.497 e. The number of sulfone groups is 1. The molecule has 152 valence electrons. The van der Waals surface area contributed by atoms with Crippen molar-refractivity contribution in [1.29, 1.82) is 0 Å². The van der Waals surface area contributed by atoms with Crippen molar-refractivity contribution in [2.75, 3.05) is 23.9 Å². The number of methoxy groups -OCH3 is 1. The van der Waals surface area contributed by atoms with E-state index in [-0.39, 0.29) is 28.7 Å². The number of carbonyl (C=O) groups is 1. The predicted octanol–water partition coefficient (Wildman–Crippen LogP) is 2.31. The zero-order valence-corrected chi connectivity index (χ0v) is 17.4. The second kappa shape index (κ2) is 8.08. The van der Waals surface area contributed by atoms with E-state index in [9.17, 15) is 13.2 Å². The number of carbonyl (C=O) groups excluding carboxylic acids is 1. The van der Waals surface area contributed by atoms with E-state index in [0.29, 0.717) is 17.3 Å². The summed E-state index contributed by atoms with van der Waals surface area (Å²) in [5.41, 5.74) is 2.26. The van der Waals surface area contributed by atoms with Crippen molar-refractivity contribution >= 4 is 38.4 Å². The number of rotatable bonds is 5. The van der Waals surface area contributed by atoms with E-state index in [1.165, 1.54) is 11.8 Å². The lowest BCUT2D eigenvalue weighted by Gasteiger charge is -2.10. The molecule has 0 aromatic heterocycles. The number of hydrogen-bond acceptors (Lipinski definition) is 7. The molecule has 0 aliphatic carbocycles. The van der Waals surface area contributed by atoms with E-state index in [1.54, 1.807) is 25.3 Å². The third kappa shape index (κ3) is 4.73. The van der Waals surface area contributed by atoms with Crippen molar-refractivity contribution in [3.05, 3.63) is 59.7 Å². The van der Waals surface area contributed by atoms with Crippen molar-refractivity contribution < 1.29 is 17.9 Å². The second-order valence-corrected chi connectivity index (χ2v) is 10.4. The smallest absolute Gasteiger partial charge is 0.251 e. The maximum Gasteiger partial charge on any atom is 0.251 e. The lowest BCUT2D eigenvalue weighted by atomic mass is 10.1. The summed E-state index contributed by atoms with van der Waals surface area (Å²) in [6.07, 6.45) is 0. The highest BCUT2D eigenvalue weighted by Gasteiger charge is 2.42. The van der Waals surface area contributed by atoms with E-state index in [1.807, 2.05) is 30.3 Å². The van der Waals surface area contributed by atoms with Gasteiger partial charge in [0, 0.05) is 23.0 Å². The molecule has 1 saturated heterocycles. The highest BCUT2D eigenvalue weighted by molar-refractivity contribution is 8.15. The number of aliphatic imine (C=N–C) groups is 1. The molecule has 2 aromatic carbocycles. The number of ether oxygens (including phenoxy) is 1. The Balaban J connectivity index is 1.36. The SMILES string of the molecule is COc1ccc(CNC(=O)c2cccc(NC3=N[C@@H]4CS(=O)(=O)C[C@@H]4S3)c2)cc1. The van der Waals surface area contributed by atoms with E-state index in [0.717, 1.165) is 17.0 Å². The highest BCUT2D eigenvalue weighted by atomic mass is 32.2. The fourth-order valence-corrected chi connectivity index (χ4v) is 6.98. The number of hydrogen-bond donors (Lipinski definition) is 2. The standard InChI is InChI=1S/C20H21N3O4S2/c1-27-16-7-5-13(6-8-16)10-21-19(24)14-3-2-4-15(9-14)22-20-23-17-11-29(25,26)12-18(17)28-20/h2-9,17-18H,10-12H2,1H3,(H,21,24)(H,22,23)/t17-,18+/m1/s1. The average Bonchev–Trinajstić information content (AvgIpc) is 3.19. The molecule has 2 N–H and O–H groups in total. The first-order valence-electron chi connectivity index (χ1n) is 9.15. The van der Waals surface area contributed by atoms with E-state index in [2.05, 4.69) is 15.6 Å². The molecule has 2 aliphatic rings. The first-order chi connectivity index (χ1) is 13.9. The van der Waals surface area contributed by atoms with Crippen LogP contribution in [0.1, 0.15) is 15.9 Å². The van der Waals surface area contributed by atoms with Crippen molar-refractivity contribution in [2.24, 2.45) is 4.99 Å². The van der Waals surface area contributed by atoms with Gasteiger partial charge in [-0.05, 0) is 35.9 Å². The molecule has 1 amide bonds. The number of thioether (sulfide) groups is 1. The van der Waals surface area contributed by atoms with Crippen molar-refractivity contribution in [3.8, 4) is 5.75 Å². The van der Waals surface area contributed by atoms with Gasteiger partial charge in [0.25, 0.3) is 5.91 Å². The summed E-state index contributed by atoms with van der Waals surface area (Å²) in [6, 6.07) is 14.5. The Morgan fingerprint density at radius 2 is 2.00 bits per heavy atom. The van der Waals surface area contributed by atoms with Gasteiger partial charge in [0.1, 0.15) is 5.75 Å². The Kier molecular flexibility index (Phi) is 5.51. The Bertz CT molecular complexity index is 1050. The molecule has 4 rings (SSSR count). The molecule has 7 nitrogen and oxygen atoms in total. The predicted molar refractivity (Wildman–Crippen MR) is 115 cm³/mol. The monoisotopic (exact) mass is 431 g/mol. The van der Waals surface area contributed by atoms with Gasteiger partial charge in [-0.2, -0.15) is 0 Å². The quantitative estimate of drug-likeness (QED) is 0.754. The van der Waals surface area contributed by atoms with Crippen molar-refractivity contribution in [3.63, 3.8) is 0 Å². The molecule has 1 fully saturated rings. The molecule has 0 spiro atoms. The van der Waals surface area contributed by atoms with Crippen LogP contribution in [0.4, 0.5) is 5.69 Å². The number of amides is 1. The summed E-state index contributed by atoms with van der Waals surface area (Å²) in [5.74, 6) is 0.885. The molecule has 29 heavy (non-hydrogen) atoms. The molecule has 2 heterocycles. The van der Waals surface area contributed by atoms with Gasteiger partial charge in [-0.1, -0.05) is 30.0 Å². The van der Waals surface area contributed by atoms with E-state index in [4.69, 9.17) is 4.74 Å². The van der Waals surface area contributed by atoms with Crippen LogP contribution in [0.2, 0.25) is 0 Å². The van der Waals surface area contributed by atoms with Crippen LogP contribution in [0.3, 0.4) is 0 Å². The van der Waals surface area contributed by atoms with Crippen LogP contribution >= 0.6 is 11.8 Å². The summed E-state index contributed by atoms with van der Waals surface area (Å²) in [5, 5.41) is 6.79. The minimum atomic E-state index is -2.97. The Morgan fingerprint density at radius 3 is 2.72 bits per heavy atom. The normalized spacial score (nSPS) is 21.9. The number of anilines is 1. The number of nitrogens with one attached hydrogen (secondary N) is 2. The van der Waals surface area contributed by atoms with Gasteiger partial charge in [-0.15, -0.1) is 0 Å². The summed E-state index contributed by atoms with van der Waals surface area (Å²) < 4.78 is 28.5. The van der Waals surface area contributed by atoms with Gasteiger partial charge < -0.3 is 15.4 Å². The van der Waals surface area contributed by atoms with E-state index >= 15 is 0 Å². The summed E-state index contributed by atoms with van der Waals surface area (Å²) in [7, 11) is -1.36. The molecule has 2 atom stereocenters. The average molecular weight is 432 g/mol. The third-order valence-electron chi connectivity index (χ3n) is 4.81. The van der Waals surface area contributed by atoms with Gasteiger partial charge in [0.15, 0.2) is 15.0 Å². The van der Waals surface area contributed by atoms with Crippen LogP contribution in [0.15, 0.2) is 53.5 Å². The minimum absolute atomic E-state index is 0.0153. The lowest BCUT2D eigenvalue weighted by molar-refractivity contribution is 0.0951. The van der Waals surface area contributed by atoms with Gasteiger partial charge in [-0.3, -0.25) is 9.79 Å². The first kappa shape index (κ1) is 19.8. The minimum Gasteiger partial charge on any atom is -0.497 e. The van der Waals surface area contributed by atoms with Crippen molar-refractivity contribution in [1.82, 2.24) is 5.32 Å². The highest BCUT2D eigenvalue weighted by Crippen LogP contribution is 2.34. The first-order valence-corrected chi connectivity index (χ1v) is 11.8. The topological polar surface area (TPSA) is 96.9 Å². The molecule has 0 unspecified atom stereocenters. The molecule has 0 radical (unpaired) electrons. The summed E-state index contributed by atoms with van der Waals surface area (Å²) in [4.78, 5) is 17.0. The Hall–Kier alpha value is -2.52. The van der Waals surface area contributed by atoms with E-state index < -0.39 is 9.84 Å². The molecule has 2 aromatic rings. The number of fused-ring (bicyclic) bond motifs is 1. The van der Waals surface area contributed by atoms with Crippen LogP contribution in [0.5, 0.6) is 5.75 Å². The van der Waals surface area contributed by atoms with Gasteiger partial charge in [0.2, 0.25) is 0 Å². The van der Waals surface area contributed by atoms with Gasteiger partial charge in [-0.25, -0.2) is 8.42 Å².